The second kappa shape index (κ2) is 10.1. The maximum absolute atomic E-state index is 14.5. The van der Waals surface area contributed by atoms with Crippen LogP contribution in [0.1, 0.15) is 23.2 Å². The van der Waals surface area contributed by atoms with Crippen LogP contribution in [0.5, 0.6) is 0 Å². The van der Waals surface area contributed by atoms with Gasteiger partial charge >= 0.3 is 6.18 Å². The Hall–Kier alpha value is -2.06. The van der Waals surface area contributed by atoms with Crippen LogP contribution in [0.25, 0.3) is 0 Å². The van der Waals surface area contributed by atoms with Gasteiger partial charge in [0.2, 0.25) is 0 Å². The molecular formula is C21H20F6IN3O2. The van der Waals surface area contributed by atoms with E-state index in [9.17, 15) is 36.2 Å². The summed E-state index contributed by atoms with van der Waals surface area (Å²) in [5.74, 6) is -4.02. The Balaban J connectivity index is 1.65. The molecule has 0 atom stereocenters. The third-order valence-corrected chi connectivity index (χ3v) is 5.80. The van der Waals surface area contributed by atoms with E-state index in [-0.39, 0.29) is 43.9 Å². The molecule has 1 heterocycles. The molecule has 2 aromatic rings. The van der Waals surface area contributed by atoms with Crippen molar-refractivity contribution < 1.29 is 36.2 Å². The number of alkyl halides is 3. The molecule has 12 heteroatoms. The second-order valence-electron chi connectivity index (χ2n) is 7.78. The van der Waals surface area contributed by atoms with Crippen molar-refractivity contribution in [3.63, 3.8) is 0 Å². The van der Waals surface area contributed by atoms with Crippen LogP contribution in [-0.4, -0.2) is 53.9 Å². The number of anilines is 2. The minimum Gasteiger partial charge on any atom is -0.386 e. The molecule has 0 saturated carbocycles. The molecule has 0 bridgehead atoms. The number of carbonyl (C=O) groups is 1. The van der Waals surface area contributed by atoms with E-state index in [0.717, 1.165) is 12.1 Å². The highest BCUT2D eigenvalue weighted by Crippen LogP contribution is 2.32. The van der Waals surface area contributed by atoms with Crippen molar-refractivity contribution >= 4 is 39.9 Å². The molecule has 5 nitrogen and oxygen atoms in total. The number of amides is 1. The number of hydrogen-bond acceptors (Lipinski definition) is 4. The molecule has 3 N–H and O–H groups in total. The number of carbonyl (C=O) groups excluding carboxylic acids is 1. The molecule has 3 rings (SSSR count). The smallest absolute Gasteiger partial charge is 0.386 e. The van der Waals surface area contributed by atoms with Gasteiger partial charge in [0.05, 0.1) is 36.4 Å². The van der Waals surface area contributed by atoms with Crippen LogP contribution in [0.2, 0.25) is 0 Å². The van der Waals surface area contributed by atoms with Crippen LogP contribution in [0.4, 0.5) is 37.7 Å². The van der Waals surface area contributed by atoms with Crippen molar-refractivity contribution in [1.82, 2.24) is 10.2 Å². The van der Waals surface area contributed by atoms with Crippen molar-refractivity contribution in [2.75, 3.05) is 31.5 Å². The monoisotopic (exact) mass is 587 g/mol. The number of nitrogens with zero attached hydrogens (tertiary/aromatic N) is 1. The Kier molecular flexibility index (Phi) is 7.79. The van der Waals surface area contributed by atoms with E-state index in [0.29, 0.717) is 3.57 Å². The van der Waals surface area contributed by atoms with E-state index >= 15 is 0 Å². The minimum absolute atomic E-state index is 0.103. The number of nitrogens with one attached hydrogen (secondary N) is 2. The quantitative estimate of drug-likeness (QED) is 0.241. The first-order chi connectivity index (χ1) is 15.4. The molecule has 1 saturated heterocycles. The molecule has 0 aromatic heterocycles. The normalized spacial score (nSPS) is 15.3. The van der Waals surface area contributed by atoms with Gasteiger partial charge in [-0.05, 0) is 65.9 Å². The zero-order valence-corrected chi connectivity index (χ0v) is 19.2. The fourth-order valence-electron chi connectivity index (χ4n) is 3.39. The first-order valence-corrected chi connectivity index (χ1v) is 11.0. The van der Waals surface area contributed by atoms with Crippen LogP contribution in [0, 0.1) is 21.0 Å². The van der Waals surface area contributed by atoms with Crippen LogP contribution >= 0.6 is 22.6 Å². The summed E-state index contributed by atoms with van der Waals surface area (Å²) in [6.45, 7) is -0.452. The topological polar surface area (TPSA) is 64.6 Å². The summed E-state index contributed by atoms with van der Waals surface area (Å²) in [5.41, 5.74) is -2.25. The summed E-state index contributed by atoms with van der Waals surface area (Å²) in [7, 11) is 0. The van der Waals surface area contributed by atoms with E-state index in [4.69, 9.17) is 0 Å². The largest absolute Gasteiger partial charge is 0.390 e. The number of aliphatic hydroxyl groups is 1. The van der Waals surface area contributed by atoms with Gasteiger partial charge in [-0.25, -0.2) is 13.2 Å². The van der Waals surface area contributed by atoms with E-state index in [1.165, 1.54) is 17.0 Å². The molecule has 180 valence electrons. The number of β-amino-alcohol motifs (C(OH)–C–C–N with tert-alkyl or cyclic N) is 1. The van der Waals surface area contributed by atoms with Gasteiger partial charge in [-0.15, -0.1) is 0 Å². The third kappa shape index (κ3) is 6.51. The standard InChI is InChI=1S/C21H20F6IN3O2/c22-14-3-2-13(18(17(14)24)30-16-4-1-12(28)9-15(16)23)19(32)31-10-20(33,11-31)5-7-29-8-6-21(25,26)27/h1-4,9,29-30,33H,5-8,10-11H2. The number of benzene rings is 2. The molecule has 0 unspecified atom stereocenters. The van der Waals surface area contributed by atoms with Gasteiger partial charge in [-0.3, -0.25) is 4.79 Å². The Bertz CT molecular complexity index is 1030. The highest BCUT2D eigenvalue weighted by atomic mass is 127. The molecule has 33 heavy (non-hydrogen) atoms. The van der Waals surface area contributed by atoms with E-state index in [1.807, 2.05) is 22.6 Å². The lowest BCUT2D eigenvalue weighted by molar-refractivity contribution is -0.133. The zero-order chi connectivity index (χ0) is 24.4. The molecular weight excluding hydrogens is 567 g/mol. The van der Waals surface area contributed by atoms with Gasteiger partial charge < -0.3 is 20.6 Å². The fraction of sp³-hybridized carbons (Fsp3) is 0.381. The molecule has 1 amide bonds. The summed E-state index contributed by atoms with van der Waals surface area (Å²) in [5, 5.41) is 15.5. The first kappa shape index (κ1) is 25.6. The molecule has 1 fully saturated rings. The summed E-state index contributed by atoms with van der Waals surface area (Å²) in [6.07, 6.45) is -5.17. The Morgan fingerprint density at radius 1 is 1.09 bits per heavy atom. The highest BCUT2D eigenvalue weighted by molar-refractivity contribution is 14.1. The summed E-state index contributed by atoms with van der Waals surface area (Å²) in [6, 6.07) is 5.88. The molecule has 1 aliphatic heterocycles. The zero-order valence-electron chi connectivity index (χ0n) is 17.1. The number of hydrogen-bond donors (Lipinski definition) is 3. The van der Waals surface area contributed by atoms with Gasteiger partial charge in [-0.2, -0.15) is 13.2 Å². The minimum atomic E-state index is -4.28. The lowest BCUT2D eigenvalue weighted by Gasteiger charge is -2.46. The SMILES string of the molecule is O=C(c1ccc(F)c(F)c1Nc1ccc(I)cc1F)N1CC(O)(CCNCCC(F)(F)F)C1. The summed E-state index contributed by atoms with van der Waals surface area (Å²) in [4.78, 5) is 14.1. The Morgan fingerprint density at radius 2 is 1.79 bits per heavy atom. The fourth-order valence-corrected chi connectivity index (χ4v) is 3.84. The number of halogens is 7. The van der Waals surface area contributed by atoms with Crippen LogP contribution in [-0.2, 0) is 0 Å². The van der Waals surface area contributed by atoms with E-state index in [1.54, 1.807) is 6.07 Å². The van der Waals surface area contributed by atoms with Gasteiger partial charge in [0, 0.05) is 10.1 Å². The maximum Gasteiger partial charge on any atom is 0.390 e. The van der Waals surface area contributed by atoms with Crippen molar-refractivity contribution in [2.45, 2.75) is 24.6 Å². The molecule has 2 aromatic carbocycles. The summed E-state index contributed by atoms with van der Waals surface area (Å²) >= 11 is 1.88. The first-order valence-electron chi connectivity index (χ1n) is 9.88. The average molecular weight is 587 g/mol. The van der Waals surface area contributed by atoms with Crippen LogP contribution in [0.3, 0.4) is 0 Å². The van der Waals surface area contributed by atoms with Gasteiger partial charge in [0.25, 0.3) is 5.91 Å². The summed E-state index contributed by atoms with van der Waals surface area (Å²) < 4.78 is 79.6. The van der Waals surface area contributed by atoms with Crippen molar-refractivity contribution in [3.8, 4) is 0 Å². The lowest BCUT2D eigenvalue weighted by atomic mass is 9.89. The predicted molar refractivity (Wildman–Crippen MR) is 118 cm³/mol. The van der Waals surface area contributed by atoms with Crippen LogP contribution < -0.4 is 10.6 Å². The Labute approximate surface area is 199 Å². The maximum atomic E-state index is 14.5. The van der Waals surface area contributed by atoms with Crippen molar-refractivity contribution in [1.29, 1.82) is 0 Å². The number of likely N-dealkylation sites (tertiary alicyclic amines) is 1. The van der Waals surface area contributed by atoms with E-state index < -0.39 is 47.2 Å². The molecule has 0 aliphatic carbocycles. The van der Waals surface area contributed by atoms with Gasteiger partial charge in [-0.1, -0.05) is 0 Å². The number of rotatable bonds is 8. The highest BCUT2D eigenvalue weighted by Gasteiger charge is 2.44. The lowest BCUT2D eigenvalue weighted by Crippen LogP contribution is -2.64. The third-order valence-electron chi connectivity index (χ3n) is 5.13. The second-order valence-corrected chi connectivity index (χ2v) is 9.03. The van der Waals surface area contributed by atoms with Gasteiger partial charge in [0.1, 0.15) is 11.4 Å². The van der Waals surface area contributed by atoms with Crippen molar-refractivity contribution in [3.05, 3.63) is 56.9 Å². The Morgan fingerprint density at radius 3 is 2.42 bits per heavy atom. The molecule has 0 radical (unpaired) electrons. The van der Waals surface area contributed by atoms with E-state index in [2.05, 4.69) is 10.6 Å². The average Bonchev–Trinajstić information content (AvgIpc) is 2.69. The molecule has 0 spiro atoms. The van der Waals surface area contributed by atoms with Crippen molar-refractivity contribution in [2.24, 2.45) is 0 Å². The molecule has 1 aliphatic rings. The van der Waals surface area contributed by atoms with Gasteiger partial charge in [0.15, 0.2) is 11.6 Å². The predicted octanol–water partition coefficient (Wildman–Crippen LogP) is 4.57. The van der Waals surface area contributed by atoms with Crippen LogP contribution in [0.15, 0.2) is 30.3 Å².